The molecular formula is C23H26N6O2. The molecule has 8 nitrogen and oxygen atoms in total. The molecule has 3 heterocycles. The van der Waals surface area contributed by atoms with Gasteiger partial charge in [-0.1, -0.05) is 31.2 Å². The average Bonchev–Trinajstić information content (AvgIpc) is 3.20. The van der Waals surface area contributed by atoms with Gasteiger partial charge >= 0.3 is 0 Å². The van der Waals surface area contributed by atoms with Gasteiger partial charge in [0.1, 0.15) is 11.9 Å². The molecule has 1 aliphatic rings. The summed E-state index contributed by atoms with van der Waals surface area (Å²) in [5, 5.41) is 6.09. The van der Waals surface area contributed by atoms with Gasteiger partial charge in [0, 0.05) is 29.8 Å². The average molecular weight is 419 g/mol. The van der Waals surface area contributed by atoms with Crippen LogP contribution in [0, 0.1) is 6.92 Å². The van der Waals surface area contributed by atoms with Crippen molar-refractivity contribution in [3.05, 3.63) is 75.5 Å². The minimum absolute atomic E-state index is 0.191. The summed E-state index contributed by atoms with van der Waals surface area (Å²) in [6.07, 6.45) is 3.71. The number of hydrogen-bond donors (Lipinski definition) is 3. The fourth-order valence-electron chi connectivity index (χ4n) is 3.95. The molecule has 0 radical (unpaired) electrons. The van der Waals surface area contributed by atoms with Gasteiger partial charge in [0.05, 0.1) is 0 Å². The molecule has 0 bridgehead atoms. The van der Waals surface area contributed by atoms with E-state index < -0.39 is 6.04 Å². The van der Waals surface area contributed by atoms with E-state index in [1.807, 2.05) is 37.3 Å². The van der Waals surface area contributed by atoms with Crippen molar-refractivity contribution in [2.45, 2.75) is 45.7 Å². The lowest BCUT2D eigenvalue weighted by molar-refractivity contribution is -0.124. The normalized spacial score (nSPS) is 14.8. The maximum atomic E-state index is 13.2. The molecule has 1 atom stereocenters. The van der Waals surface area contributed by atoms with Gasteiger partial charge in [-0.25, -0.2) is 9.97 Å². The number of aromatic nitrogens is 3. The van der Waals surface area contributed by atoms with E-state index in [0.29, 0.717) is 25.2 Å². The Labute approximate surface area is 180 Å². The number of nitrogens with one attached hydrogen (secondary N) is 2. The highest BCUT2D eigenvalue weighted by Gasteiger charge is 2.30. The highest BCUT2D eigenvalue weighted by atomic mass is 16.2. The second kappa shape index (κ2) is 8.59. The Kier molecular flexibility index (Phi) is 5.70. The van der Waals surface area contributed by atoms with E-state index in [0.717, 1.165) is 34.6 Å². The number of fused-ring (bicyclic) bond motifs is 1. The lowest BCUT2D eigenvalue weighted by Crippen LogP contribution is -2.36. The van der Waals surface area contributed by atoms with Crippen LogP contribution in [0.5, 0.6) is 0 Å². The number of benzene rings is 1. The summed E-state index contributed by atoms with van der Waals surface area (Å²) in [5.74, 6) is 0.479. The van der Waals surface area contributed by atoms with Crippen LogP contribution in [0.1, 0.15) is 41.9 Å². The van der Waals surface area contributed by atoms with E-state index >= 15 is 0 Å². The monoisotopic (exact) mass is 418 g/mol. The molecule has 4 N–H and O–H groups in total. The quantitative estimate of drug-likeness (QED) is 0.567. The topological polar surface area (TPSA) is 115 Å². The van der Waals surface area contributed by atoms with E-state index in [-0.39, 0.29) is 17.3 Å². The molecular weight excluding hydrogens is 392 g/mol. The van der Waals surface area contributed by atoms with Crippen LogP contribution in [0.15, 0.2) is 47.4 Å². The Morgan fingerprint density at radius 2 is 2.03 bits per heavy atom. The van der Waals surface area contributed by atoms with E-state index in [1.54, 1.807) is 16.8 Å². The van der Waals surface area contributed by atoms with E-state index in [4.69, 9.17) is 5.73 Å². The van der Waals surface area contributed by atoms with Crippen molar-refractivity contribution in [3.8, 4) is 0 Å². The van der Waals surface area contributed by atoms with Gasteiger partial charge in [-0.15, -0.1) is 0 Å². The van der Waals surface area contributed by atoms with Crippen molar-refractivity contribution >= 4 is 23.2 Å². The number of carbonyl (C=O) groups is 1. The fraction of sp³-hybridized carbons (Fsp3) is 0.304. The second-order valence-corrected chi connectivity index (χ2v) is 7.66. The van der Waals surface area contributed by atoms with Gasteiger partial charge in [0.2, 0.25) is 5.91 Å². The summed E-state index contributed by atoms with van der Waals surface area (Å²) < 4.78 is 1.56. The van der Waals surface area contributed by atoms with E-state index in [2.05, 4.69) is 27.5 Å². The zero-order valence-corrected chi connectivity index (χ0v) is 17.7. The predicted molar refractivity (Wildman–Crippen MR) is 120 cm³/mol. The number of nitrogens with zero attached hydrogens (tertiary/aromatic N) is 3. The standard InChI is InChI=1S/C23H26N6O2/c1-3-15-6-4-5-7-18(15)28-21-23(31)29-17(13-25-21)9-10-19(29)22(30)26-12-16-8-11-20(24)27-14(16)2/h4-8,11,13,19H,3,9-10,12H2,1-2H3,(H2,24,27)(H,25,28)(H,26,30)/t19-/m0/s1. The maximum Gasteiger partial charge on any atom is 0.294 e. The zero-order chi connectivity index (χ0) is 22.0. The number of nitrogens with two attached hydrogens (primary N) is 1. The molecule has 31 heavy (non-hydrogen) atoms. The largest absolute Gasteiger partial charge is 0.384 e. The molecule has 0 saturated carbocycles. The van der Waals surface area contributed by atoms with Crippen molar-refractivity contribution < 1.29 is 4.79 Å². The number of para-hydroxylation sites is 1. The van der Waals surface area contributed by atoms with Crippen molar-refractivity contribution in [2.24, 2.45) is 0 Å². The first kappa shape index (κ1) is 20.6. The van der Waals surface area contributed by atoms with Crippen LogP contribution in [-0.4, -0.2) is 20.4 Å². The van der Waals surface area contributed by atoms with Gasteiger partial charge in [0.15, 0.2) is 5.82 Å². The summed E-state index contributed by atoms with van der Waals surface area (Å²) in [6.45, 7) is 4.24. The zero-order valence-electron chi connectivity index (χ0n) is 17.7. The maximum absolute atomic E-state index is 13.2. The number of nitrogen functional groups attached to an aromatic ring is 1. The van der Waals surface area contributed by atoms with Crippen molar-refractivity contribution in [3.63, 3.8) is 0 Å². The number of hydrogen-bond acceptors (Lipinski definition) is 6. The summed E-state index contributed by atoms with van der Waals surface area (Å²) >= 11 is 0. The van der Waals surface area contributed by atoms with Crippen LogP contribution in [0.2, 0.25) is 0 Å². The number of aryl methyl sites for hydroxylation is 3. The third kappa shape index (κ3) is 4.14. The first-order valence-corrected chi connectivity index (χ1v) is 10.4. The molecule has 3 aromatic rings. The SMILES string of the molecule is CCc1ccccc1Nc1ncc2n(c1=O)[C@H](C(=O)NCc1ccc(N)nc1C)CC2. The molecule has 0 spiro atoms. The molecule has 0 fully saturated rings. The highest BCUT2D eigenvalue weighted by molar-refractivity contribution is 5.81. The lowest BCUT2D eigenvalue weighted by atomic mass is 10.1. The smallest absolute Gasteiger partial charge is 0.294 e. The molecule has 0 unspecified atom stereocenters. The molecule has 1 amide bonds. The van der Waals surface area contributed by atoms with E-state index in [9.17, 15) is 9.59 Å². The second-order valence-electron chi connectivity index (χ2n) is 7.66. The summed E-state index contributed by atoms with van der Waals surface area (Å²) in [5.41, 5.74) is 9.78. The number of carbonyl (C=O) groups excluding carboxylic acids is 1. The Balaban J connectivity index is 1.55. The Hall–Kier alpha value is -3.68. The predicted octanol–water partition coefficient (Wildman–Crippen LogP) is 2.64. The highest BCUT2D eigenvalue weighted by Crippen LogP contribution is 2.25. The molecule has 8 heteroatoms. The number of amides is 1. The Bertz CT molecular complexity index is 1190. The van der Waals surface area contributed by atoms with Crippen LogP contribution in [0.3, 0.4) is 0 Å². The fourth-order valence-corrected chi connectivity index (χ4v) is 3.95. The van der Waals surface area contributed by atoms with Crippen LogP contribution in [0.4, 0.5) is 17.3 Å². The first-order chi connectivity index (χ1) is 15.0. The van der Waals surface area contributed by atoms with Crippen LogP contribution >= 0.6 is 0 Å². The van der Waals surface area contributed by atoms with Gasteiger partial charge < -0.3 is 16.4 Å². The summed E-state index contributed by atoms with van der Waals surface area (Å²) in [4.78, 5) is 34.7. The summed E-state index contributed by atoms with van der Waals surface area (Å²) in [6, 6.07) is 10.8. The molecule has 0 saturated heterocycles. The van der Waals surface area contributed by atoms with Crippen LogP contribution in [-0.2, 0) is 24.2 Å². The molecule has 4 rings (SSSR count). The Morgan fingerprint density at radius 1 is 1.23 bits per heavy atom. The molecule has 160 valence electrons. The first-order valence-electron chi connectivity index (χ1n) is 10.4. The molecule has 1 aliphatic heterocycles. The van der Waals surface area contributed by atoms with Crippen molar-refractivity contribution in [1.82, 2.24) is 19.9 Å². The van der Waals surface area contributed by atoms with Crippen LogP contribution < -0.4 is 21.9 Å². The van der Waals surface area contributed by atoms with Gasteiger partial charge in [-0.2, -0.15) is 0 Å². The van der Waals surface area contributed by atoms with Crippen LogP contribution in [0.25, 0.3) is 0 Å². The lowest BCUT2D eigenvalue weighted by Gasteiger charge is -2.17. The number of pyridine rings is 1. The molecule has 0 aliphatic carbocycles. The number of anilines is 3. The van der Waals surface area contributed by atoms with Crippen molar-refractivity contribution in [2.75, 3.05) is 11.1 Å². The van der Waals surface area contributed by atoms with Crippen molar-refractivity contribution in [1.29, 1.82) is 0 Å². The summed E-state index contributed by atoms with van der Waals surface area (Å²) in [7, 11) is 0. The number of rotatable bonds is 6. The Morgan fingerprint density at radius 3 is 2.81 bits per heavy atom. The van der Waals surface area contributed by atoms with Gasteiger partial charge in [-0.3, -0.25) is 14.2 Å². The van der Waals surface area contributed by atoms with E-state index in [1.165, 1.54) is 0 Å². The minimum atomic E-state index is -0.561. The molecule has 2 aromatic heterocycles. The third-order valence-corrected chi connectivity index (χ3v) is 5.68. The van der Waals surface area contributed by atoms with Gasteiger partial charge in [0.25, 0.3) is 5.56 Å². The molecule has 1 aromatic carbocycles. The minimum Gasteiger partial charge on any atom is -0.384 e. The van der Waals surface area contributed by atoms with Gasteiger partial charge in [-0.05, 0) is 49.4 Å². The third-order valence-electron chi connectivity index (χ3n) is 5.68.